The molecule has 0 saturated carbocycles. The van der Waals surface area contributed by atoms with Gasteiger partial charge in [-0.1, -0.05) is 30.0 Å². The lowest BCUT2D eigenvalue weighted by Gasteiger charge is -2.02. The Balaban J connectivity index is 1.84. The molecule has 22 heavy (non-hydrogen) atoms. The minimum absolute atomic E-state index is 0.136. The number of hydrogen-bond acceptors (Lipinski definition) is 5. The molecule has 0 unspecified atom stereocenters. The van der Waals surface area contributed by atoms with Crippen molar-refractivity contribution < 1.29 is 9.18 Å². The SMILES string of the molecule is Cc1cc(C)nc(SCC(=O)N/N=C/c2ccccc2F)n1. The number of benzene rings is 1. The van der Waals surface area contributed by atoms with Gasteiger partial charge in [0.2, 0.25) is 0 Å². The van der Waals surface area contributed by atoms with Gasteiger partial charge in [0.05, 0.1) is 12.0 Å². The highest BCUT2D eigenvalue weighted by Gasteiger charge is 2.05. The number of rotatable bonds is 5. The maximum absolute atomic E-state index is 13.3. The molecule has 1 N–H and O–H groups in total. The Hall–Kier alpha value is -2.28. The second-order valence-corrected chi connectivity index (χ2v) is 5.48. The molecule has 0 aliphatic heterocycles. The molecule has 1 aromatic carbocycles. The van der Waals surface area contributed by atoms with Crippen LogP contribution in [-0.2, 0) is 4.79 Å². The predicted molar refractivity (Wildman–Crippen MR) is 84.4 cm³/mol. The van der Waals surface area contributed by atoms with E-state index in [9.17, 15) is 9.18 Å². The van der Waals surface area contributed by atoms with E-state index in [-0.39, 0.29) is 11.7 Å². The van der Waals surface area contributed by atoms with Crippen LogP contribution in [0.1, 0.15) is 17.0 Å². The van der Waals surface area contributed by atoms with Crippen molar-refractivity contribution in [2.24, 2.45) is 5.10 Å². The number of hydrogen-bond donors (Lipinski definition) is 1. The van der Waals surface area contributed by atoms with Crippen LogP contribution < -0.4 is 5.43 Å². The number of nitrogens with zero attached hydrogens (tertiary/aromatic N) is 3. The highest BCUT2D eigenvalue weighted by Crippen LogP contribution is 2.13. The molecule has 0 aliphatic carbocycles. The van der Waals surface area contributed by atoms with Crippen LogP contribution in [0.2, 0.25) is 0 Å². The zero-order chi connectivity index (χ0) is 15.9. The van der Waals surface area contributed by atoms with Crippen molar-refractivity contribution in [3.8, 4) is 0 Å². The third-order valence-corrected chi connectivity index (χ3v) is 3.44. The lowest BCUT2D eigenvalue weighted by atomic mass is 10.2. The summed E-state index contributed by atoms with van der Waals surface area (Å²) in [7, 11) is 0. The monoisotopic (exact) mass is 318 g/mol. The summed E-state index contributed by atoms with van der Waals surface area (Å²) in [5, 5.41) is 4.28. The minimum atomic E-state index is -0.390. The van der Waals surface area contributed by atoms with Gasteiger partial charge in [-0.05, 0) is 26.0 Å². The highest BCUT2D eigenvalue weighted by molar-refractivity contribution is 7.99. The van der Waals surface area contributed by atoms with E-state index in [0.717, 1.165) is 11.4 Å². The molecule has 2 rings (SSSR count). The molecule has 2 aromatic rings. The molecule has 1 aromatic heterocycles. The fourth-order valence-corrected chi connectivity index (χ4v) is 2.42. The molecule has 114 valence electrons. The van der Waals surface area contributed by atoms with Crippen LogP contribution in [0.5, 0.6) is 0 Å². The Morgan fingerprint density at radius 1 is 1.32 bits per heavy atom. The van der Waals surface area contributed by atoms with Crippen molar-refractivity contribution in [3.63, 3.8) is 0 Å². The summed E-state index contributed by atoms with van der Waals surface area (Å²) in [5.74, 6) is -0.559. The van der Waals surface area contributed by atoms with Gasteiger partial charge in [-0.2, -0.15) is 5.10 Å². The number of nitrogens with one attached hydrogen (secondary N) is 1. The molecule has 0 saturated heterocycles. The molecule has 0 radical (unpaired) electrons. The van der Waals surface area contributed by atoms with E-state index >= 15 is 0 Å². The van der Waals surface area contributed by atoms with Gasteiger partial charge in [0.15, 0.2) is 5.16 Å². The molecule has 1 heterocycles. The Kier molecular flexibility index (Phi) is 5.60. The zero-order valence-electron chi connectivity index (χ0n) is 12.2. The van der Waals surface area contributed by atoms with E-state index in [1.165, 1.54) is 24.0 Å². The molecule has 5 nitrogen and oxygen atoms in total. The van der Waals surface area contributed by atoms with Crippen LogP contribution in [-0.4, -0.2) is 27.8 Å². The van der Waals surface area contributed by atoms with Crippen molar-refractivity contribution in [3.05, 3.63) is 53.1 Å². The number of aromatic nitrogens is 2. The summed E-state index contributed by atoms with van der Waals surface area (Å²) < 4.78 is 13.3. The molecule has 0 atom stereocenters. The van der Waals surface area contributed by atoms with Gasteiger partial charge in [-0.25, -0.2) is 19.8 Å². The third kappa shape index (κ3) is 4.92. The third-order valence-electron chi connectivity index (χ3n) is 2.59. The van der Waals surface area contributed by atoms with Gasteiger partial charge in [-0.3, -0.25) is 4.79 Å². The molecule has 0 aliphatic rings. The van der Waals surface area contributed by atoms with Crippen LogP contribution in [0.4, 0.5) is 4.39 Å². The fraction of sp³-hybridized carbons (Fsp3) is 0.200. The lowest BCUT2D eigenvalue weighted by Crippen LogP contribution is -2.20. The first-order chi connectivity index (χ1) is 10.5. The number of carbonyl (C=O) groups is 1. The predicted octanol–water partition coefficient (Wildman–Crippen LogP) is 2.47. The second-order valence-electron chi connectivity index (χ2n) is 4.54. The summed E-state index contributed by atoms with van der Waals surface area (Å²) in [4.78, 5) is 20.1. The smallest absolute Gasteiger partial charge is 0.250 e. The second kappa shape index (κ2) is 7.65. The zero-order valence-corrected chi connectivity index (χ0v) is 13.0. The molecular formula is C15H15FN4OS. The van der Waals surface area contributed by atoms with E-state index in [1.807, 2.05) is 19.9 Å². The van der Waals surface area contributed by atoms with E-state index < -0.39 is 5.82 Å². The van der Waals surface area contributed by atoms with Gasteiger partial charge >= 0.3 is 0 Å². The summed E-state index contributed by atoms with van der Waals surface area (Å²) >= 11 is 1.22. The molecule has 0 fully saturated rings. The lowest BCUT2D eigenvalue weighted by molar-refractivity contribution is -0.118. The van der Waals surface area contributed by atoms with Crippen molar-refractivity contribution in [1.82, 2.24) is 15.4 Å². The van der Waals surface area contributed by atoms with Gasteiger partial charge in [0.1, 0.15) is 5.82 Å². The molecule has 0 bridgehead atoms. The van der Waals surface area contributed by atoms with Crippen LogP contribution in [0.25, 0.3) is 0 Å². The number of thioether (sulfide) groups is 1. The Morgan fingerprint density at radius 2 is 2.00 bits per heavy atom. The number of aryl methyl sites for hydroxylation is 2. The Bertz CT molecular complexity index is 685. The van der Waals surface area contributed by atoms with Gasteiger partial charge in [0, 0.05) is 17.0 Å². The quantitative estimate of drug-likeness (QED) is 0.398. The summed E-state index contributed by atoms with van der Waals surface area (Å²) in [5.41, 5.74) is 4.37. The van der Waals surface area contributed by atoms with Gasteiger partial charge < -0.3 is 0 Å². The summed E-state index contributed by atoms with van der Waals surface area (Å²) in [6, 6.07) is 8.05. The maximum atomic E-state index is 13.3. The topological polar surface area (TPSA) is 67.2 Å². The average Bonchev–Trinajstić information content (AvgIpc) is 2.46. The standard InChI is InChI=1S/C15H15FN4OS/c1-10-7-11(2)19-15(18-10)22-9-14(21)20-17-8-12-5-3-4-6-13(12)16/h3-8H,9H2,1-2H3,(H,20,21)/b17-8+. The largest absolute Gasteiger partial charge is 0.272 e. The number of hydrazone groups is 1. The average molecular weight is 318 g/mol. The summed E-state index contributed by atoms with van der Waals surface area (Å²) in [6.07, 6.45) is 1.27. The van der Waals surface area contributed by atoms with Gasteiger partial charge in [-0.15, -0.1) is 0 Å². The van der Waals surface area contributed by atoms with Gasteiger partial charge in [0.25, 0.3) is 5.91 Å². The first-order valence-electron chi connectivity index (χ1n) is 6.56. The van der Waals surface area contributed by atoms with E-state index in [2.05, 4.69) is 20.5 Å². The van der Waals surface area contributed by atoms with Crippen molar-refractivity contribution in [1.29, 1.82) is 0 Å². The highest BCUT2D eigenvalue weighted by atomic mass is 32.2. The fourth-order valence-electron chi connectivity index (χ4n) is 1.67. The number of halogens is 1. The minimum Gasteiger partial charge on any atom is -0.272 e. The molecule has 0 spiro atoms. The van der Waals surface area contributed by atoms with Crippen molar-refractivity contribution >= 4 is 23.9 Å². The van der Waals surface area contributed by atoms with E-state index in [4.69, 9.17) is 0 Å². The van der Waals surface area contributed by atoms with Crippen molar-refractivity contribution in [2.45, 2.75) is 19.0 Å². The molecular weight excluding hydrogens is 303 g/mol. The first-order valence-corrected chi connectivity index (χ1v) is 7.54. The maximum Gasteiger partial charge on any atom is 0.250 e. The molecule has 7 heteroatoms. The van der Waals surface area contributed by atoms with Crippen LogP contribution >= 0.6 is 11.8 Å². The van der Waals surface area contributed by atoms with Crippen molar-refractivity contribution in [2.75, 3.05) is 5.75 Å². The van der Waals surface area contributed by atoms with E-state index in [1.54, 1.807) is 18.2 Å². The summed E-state index contributed by atoms with van der Waals surface area (Å²) in [6.45, 7) is 3.75. The normalized spacial score (nSPS) is 10.9. The Labute approximate surface area is 132 Å². The Morgan fingerprint density at radius 3 is 2.68 bits per heavy atom. The van der Waals surface area contributed by atoms with Crippen LogP contribution in [0, 0.1) is 19.7 Å². The molecule has 1 amide bonds. The van der Waals surface area contributed by atoms with Crippen LogP contribution in [0.3, 0.4) is 0 Å². The number of amides is 1. The number of carbonyl (C=O) groups excluding carboxylic acids is 1. The first kappa shape index (κ1) is 16.1. The van der Waals surface area contributed by atoms with E-state index in [0.29, 0.717) is 10.7 Å². The van der Waals surface area contributed by atoms with Crippen LogP contribution in [0.15, 0.2) is 40.6 Å².